The van der Waals surface area contributed by atoms with Crippen LogP contribution in [0, 0.1) is 10.1 Å². The second kappa shape index (κ2) is 7.06. The minimum Gasteiger partial charge on any atom is -0.377 e. The molecule has 1 aliphatic rings. The number of hydrogen-bond acceptors (Lipinski definition) is 6. The minimum atomic E-state index is -3.46. The first-order chi connectivity index (χ1) is 10.4. The predicted octanol–water partition coefficient (Wildman–Crippen LogP) is 2.37. The summed E-state index contributed by atoms with van der Waals surface area (Å²) in [6.45, 7) is 2.69. The Bertz CT molecular complexity index is 639. The number of nitrogens with one attached hydrogen (secondary N) is 1. The molecule has 8 heteroatoms. The molecule has 1 aromatic carbocycles. The second-order valence-electron chi connectivity index (χ2n) is 5.21. The number of nitrogens with zero attached hydrogens (tertiary/aromatic N) is 1. The number of ether oxygens (including phenoxy) is 1. The van der Waals surface area contributed by atoms with E-state index in [4.69, 9.17) is 4.74 Å². The number of nitro benzene ring substituents is 1. The van der Waals surface area contributed by atoms with Crippen LogP contribution >= 0.6 is 0 Å². The summed E-state index contributed by atoms with van der Waals surface area (Å²) in [5, 5.41) is 14.2. The third kappa shape index (κ3) is 3.95. The van der Waals surface area contributed by atoms with E-state index < -0.39 is 14.8 Å². The standard InChI is InChI=1S/C14H20N2O5S/c1-2-22(19,20)12-6-7-13(14(9-12)16(17)18)15-10-11-5-3-4-8-21-11/h6-7,9,11,15H,2-5,8,10H2,1H3. The highest BCUT2D eigenvalue weighted by Gasteiger charge is 2.21. The molecule has 0 radical (unpaired) electrons. The topological polar surface area (TPSA) is 98.5 Å². The summed E-state index contributed by atoms with van der Waals surface area (Å²) in [5.74, 6) is -0.0904. The minimum absolute atomic E-state index is 0.0267. The van der Waals surface area contributed by atoms with E-state index in [0.29, 0.717) is 18.8 Å². The van der Waals surface area contributed by atoms with E-state index in [2.05, 4.69) is 5.32 Å². The highest BCUT2D eigenvalue weighted by Crippen LogP contribution is 2.28. The zero-order chi connectivity index (χ0) is 16.2. The summed E-state index contributed by atoms with van der Waals surface area (Å²) in [6.07, 6.45) is 3.08. The fourth-order valence-electron chi connectivity index (χ4n) is 2.36. The maximum atomic E-state index is 11.8. The van der Waals surface area contributed by atoms with E-state index in [1.54, 1.807) is 0 Å². The summed E-state index contributed by atoms with van der Waals surface area (Å²) in [5.41, 5.74) is 0.0829. The van der Waals surface area contributed by atoms with Gasteiger partial charge >= 0.3 is 0 Å². The molecule has 0 spiro atoms. The van der Waals surface area contributed by atoms with Crippen LogP contribution in [0.2, 0.25) is 0 Å². The lowest BCUT2D eigenvalue weighted by atomic mass is 10.1. The molecule has 0 aliphatic carbocycles. The Hall–Kier alpha value is -1.67. The van der Waals surface area contributed by atoms with Gasteiger partial charge in [0.1, 0.15) is 5.69 Å². The fraction of sp³-hybridized carbons (Fsp3) is 0.571. The maximum Gasteiger partial charge on any atom is 0.293 e. The van der Waals surface area contributed by atoms with E-state index in [0.717, 1.165) is 25.3 Å². The van der Waals surface area contributed by atoms with Crippen LogP contribution in [0.4, 0.5) is 11.4 Å². The molecule has 22 heavy (non-hydrogen) atoms. The molecule has 0 aromatic heterocycles. The third-order valence-electron chi connectivity index (χ3n) is 3.70. The van der Waals surface area contributed by atoms with Crippen LogP contribution in [-0.4, -0.2) is 38.3 Å². The van der Waals surface area contributed by atoms with Crippen LogP contribution < -0.4 is 5.32 Å². The lowest BCUT2D eigenvalue weighted by Crippen LogP contribution is -2.27. The van der Waals surface area contributed by atoms with Gasteiger partial charge in [-0.1, -0.05) is 6.92 Å². The van der Waals surface area contributed by atoms with Crippen molar-refractivity contribution in [2.75, 3.05) is 24.2 Å². The lowest BCUT2D eigenvalue weighted by molar-refractivity contribution is -0.384. The molecule has 7 nitrogen and oxygen atoms in total. The zero-order valence-corrected chi connectivity index (χ0v) is 13.3. The first-order valence-corrected chi connectivity index (χ1v) is 8.96. The van der Waals surface area contributed by atoms with Gasteiger partial charge in [-0.2, -0.15) is 0 Å². The van der Waals surface area contributed by atoms with Crippen molar-refractivity contribution in [3.8, 4) is 0 Å². The highest BCUT2D eigenvalue weighted by molar-refractivity contribution is 7.91. The number of sulfone groups is 1. The Morgan fingerprint density at radius 3 is 2.77 bits per heavy atom. The van der Waals surface area contributed by atoms with Crippen molar-refractivity contribution in [2.24, 2.45) is 0 Å². The Labute approximate surface area is 129 Å². The summed E-state index contributed by atoms with van der Waals surface area (Å²) >= 11 is 0. The number of benzene rings is 1. The van der Waals surface area contributed by atoms with Crippen molar-refractivity contribution in [1.29, 1.82) is 0 Å². The Balaban J connectivity index is 2.18. The van der Waals surface area contributed by atoms with Crippen LogP contribution in [-0.2, 0) is 14.6 Å². The molecule has 0 amide bonds. The largest absolute Gasteiger partial charge is 0.377 e. The normalized spacial score (nSPS) is 18.9. The molecule has 1 aliphatic heterocycles. The molecule has 1 N–H and O–H groups in total. The van der Waals surface area contributed by atoms with E-state index in [-0.39, 0.29) is 22.4 Å². The van der Waals surface area contributed by atoms with Gasteiger partial charge in [-0.3, -0.25) is 10.1 Å². The summed E-state index contributed by atoms with van der Waals surface area (Å²) in [4.78, 5) is 10.6. The smallest absolute Gasteiger partial charge is 0.293 e. The molecule has 0 saturated carbocycles. The monoisotopic (exact) mass is 328 g/mol. The molecule has 1 unspecified atom stereocenters. The summed E-state index contributed by atoms with van der Waals surface area (Å²) in [6, 6.07) is 3.96. The number of anilines is 1. The van der Waals surface area contributed by atoms with Gasteiger partial charge in [0.25, 0.3) is 5.69 Å². The molecule has 1 heterocycles. The molecule has 1 aromatic rings. The van der Waals surface area contributed by atoms with Crippen LogP contribution in [0.5, 0.6) is 0 Å². The zero-order valence-electron chi connectivity index (χ0n) is 12.4. The van der Waals surface area contributed by atoms with E-state index in [1.165, 1.54) is 19.1 Å². The van der Waals surface area contributed by atoms with Crippen LogP contribution in [0.25, 0.3) is 0 Å². The molecule has 122 valence electrons. The van der Waals surface area contributed by atoms with E-state index in [1.807, 2.05) is 0 Å². The van der Waals surface area contributed by atoms with Gasteiger partial charge in [0, 0.05) is 19.2 Å². The van der Waals surface area contributed by atoms with Crippen LogP contribution in [0.1, 0.15) is 26.2 Å². The van der Waals surface area contributed by atoms with Crippen molar-refractivity contribution >= 4 is 21.2 Å². The summed E-state index contributed by atoms with van der Waals surface area (Å²) in [7, 11) is -3.46. The quantitative estimate of drug-likeness (QED) is 0.636. The van der Waals surface area contributed by atoms with Gasteiger partial charge in [-0.05, 0) is 31.4 Å². The molecular formula is C14H20N2O5S. The van der Waals surface area contributed by atoms with Crippen molar-refractivity contribution < 1.29 is 18.1 Å². The van der Waals surface area contributed by atoms with E-state index in [9.17, 15) is 18.5 Å². The van der Waals surface area contributed by atoms with Gasteiger partial charge in [-0.25, -0.2) is 8.42 Å². The van der Waals surface area contributed by atoms with Crippen molar-refractivity contribution in [1.82, 2.24) is 0 Å². The molecule has 2 rings (SSSR count). The van der Waals surface area contributed by atoms with Gasteiger partial charge < -0.3 is 10.1 Å². The Morgan fingerprint density at radius 1 is 1.41 bits per heavy atom. The SMILES string of the molecule is CCS(=O)(=O)c1ccc(NCC2CCCCO2)c([N+](=O)[O-])c1. The highest BCUT2D eigenvalue weighted by atomic mass is 32.2. The maximum absolute atomic E-state index is 11.8. The van der Waals surface area contributed by atoms with Crippen molar-refractivity contribution in [3.63, 3.8) is 0 Å². The van der Waals surface area contributed by atoms with E-state index >= 15 is 0 Å². The Morgan fingerprint density at radius 2 is 2.18 bits per heavy atom. The Kier molecular flexibility index (Phi) is 5.36. The van der Waals surface area contributed by atoms with Gasteiger partial charge in [-0.15, -0.1) is 0 Å². The van der Waals surface area contributed by atoms with Gasteiger partial charge in [0.15, 0.2) is 9.84 Å². The second-order valence-corrected chi connectivity index (χ2v) is 7.49. The van der Waals surface area contributed by atoms with Crippen LogP contribution in [0.3, 0.4) is 0 Å². The molecule has 0 bridgehead atoms. The molecule has 1 saturated heterocycles. The molecule has 1 fully saturated rings. The molecule has 1 atom stereocenters. The fourth-order valence-corrected chi connectivity index (χ4v) is 3.26. The molecular weight excluding hydrogens is 308 g/mol. The lowest BCUT2D eigenvalue weighted by Gasteiger charge is -2.23. The predicted molar refractivity (Wildman–Crippen MR) is 82.9 cm³/mol. The average molecular weight is 328 g/mol. The van der Waals surface area contributed by atoms with Gasteiger partial charge in [0.2, 0.25) is 0 Å². The first-order valence-electron chi connectivity index (χ1n) is 7.30. The number of rotatable bonds is 6. The van der Waals surface area contributed by atoms with Crippen LogP contribution in [0.15, 0.2) is 23.1 Å². The average Bonchev–Trinajstić information content (AvgIpc) is 2.53. The summed E-state index contributed by atoms with van der Waals surface area (Å²) < 4.78 is 29.2. The van der Waals surface area contributed by atoms with Crippen molar-refractivity contribution in [2.45, 2.75) is 37.2 Å². The van der Waals surface area contributed by atoms with Crippen molar-refractivity contribution in [3.05, 3.63) is 28.3 Å². The number of hydrogen-bond donors (Lipinski definition) is 1. The van der Waals surface area contributed by atoms with Gasteiger partial charge in [0.05, 0.1) is 21.7 Å². The first kappa shape index (κ1) is 16.7. The number of nitro groups is 1. The third-order valence-corrected chi connectivity index (χ3v) is 5.43.